The van der Waals surface area contributed by atoms with Crippen molar-refractivity contribution in [3.8, 4) is 12.3 Å². The number of rotatable bonds is 6. The minimum Gasteiger partial charge on any atom is -0.311 e. The summed E-state index contributed by atoms with van der Waals surface area (Å²) in [5, 5.41) is 3.34. The second kappa shape index (κ2) is 7.59. The van der Waals surface area contributed by atoms with Gasteiger partial charge in [0.05, 0.1) is 5.75 Å². The van der Waals surface area contributed by atoms with Crippen LogP contribution in [0.4, 0.5) is 0 Å². The number of hydrogen-bond acceptors (Lipinski definition) is 3. The van der Waals surface area contributed by atoms with Gasteiger partial charge in [-0.15, -0.1) is 29.5 Å². The molecule has 5 heteroatoms. The zero-order valence-corrected chi connectivity index (χ0v) is 12.0. The van der Waals surface area contributed by atoms with Crippen LogP contribution >= 0.6 is 50.6 Å². The van der Waals surface area contributed by atoms with Crippen molar-refractivity contribution in [3.63, 3.8) is 0 Å². The number of hydrogen-bond donors (Lipinski definition) is 1. The van der Waals surface area contributed by atoms with E-state index in [1.165, 1.54) is 4.88 Å². The van der Waals surface area contributed by atoms with Gasteiger partial charge in [-0.3, -0.25) is 0 Å². The highest BCUT2D eigenvalue weighted by Gasteiger charge is 2.03. The minimum atomic E-state index is 0.790. The lowest BCUT2D eigenvalue weighted by molar-refractivity contribution is 0.741. The van der Waals surface area contributed by atoms with Gasteiger partial charge in [-0.25, -0.2) is 0 Å². The predicted octanol–water partition coefficient (Wildman–Crippen LogP) is 3.62. The van der Waals surface area contributed by atoms with E-state index >= 15 is 0 Å². The van der Waals surface area contributed by atoms with Gasteiger partial charge in [-0.2, -0.15) is 0 Å². The van der Waals surface area contributed by atoms with E-state index in [0.717, 1.165) is 33.4 Å². The monoisotopic (exact) mass is 323 g/mol. The standard InChI is InChI=1S/C10H11BrClNS2/c1-2-4-14-5-3-13-7-8-6-9(11)10(12)15-8/h1,6,13H,3-5,7H2. The third-order valence-corrected chi connectivity index (χ3v) is 4.94. The molecule has 1 N–H and O–H groups in total. The summed E-state index contributed by atoms with van der Waals surface area (Å²) in [5.74, 6) is 4.44. The van der Waals surface area contributed by atoms with Gasteiger partial charge < -0.3 is 5.32 Å². The zero-order chi connectivity index (χ0) is 11.1. The van der Waals surface area contributed by atoms with Crippen molar-refractivity contribution >= 4 is 50.6 Å². The average molecular weight is 325 g/mol. The Bertz CT molecular complexity index is 326. The lowest BCUT2D eigenvalue weighted by Gasteiger charge is -2.00. The topological polar surface area (TPSA) is 12.0 Å². The molecule has 0 amide bonds. The summed E-state index contributed by atoms with van der Waals surface area (Å²) in [7, 11) is 0. The Hall–Kier alpha value is 0.340. The molecule has 1 rings (SSSR count). The maximum atomic E-state index is 5.93. The first-order valence-electron chi connectivity index (χ1n) is 4.39. The average Bonchev–Trinajstić information content (AvgIpc) is 2.52. The molecule has 0 saturated carbocycles. The molecule has 0 fully saturated rings. The zero-order valence-electron chi connectivity index (χ0n) is 8.06. The SMILES string of the molecule is C#CCSCCNCc1cc(Br)c(Cl)s1. The molecule has 1 aromatic rings. The Morgan fingerprint density at radius 2 is 2.47 bits per heavy atom. The quantitative estimate of drug-likeness (QED) is 0.633. The van der Waals surface area contributed by atoms with Crippen molar-refractivity contribution < 1.29 is 0 Å². The highest BCUT2D eigenvalue weighted by atomic mass is 79.9. The molecule has 0 aromatic carbocycles. The van der Waals surface area contributed by atoms with Crippen molar-refractivity contribution in [3.05, 3.63) is 19.8 Å². The van der Waals surface area contributed by atoms with Crippen LogP contribution < -0.4 is 5.32 Å². The van der Waals surface area contributed by atoms with Gasteiger partial charge in [-0.1, -0.05) is 17.5 Å². The van der Waals surface area contributed by atoms with E-state index < -0.39 is 0 Å². The molecule has 0 radical (unpaired) electrons. The highest BCUT2D eigenvalue weighted by molar-refractivity contribution is 9.10. The minimum absolute atomic E-state index is 0.790. The molecular formula is C10H11BrClNS2. The number of thioether (sulfide) groups is 1. The molecule has 0 unspecified atom stereocenters. The normalized spacial score (nSPS) is 10.2. The van der Waals surface area contributed by atoms with Crippen molar-refractivity contribution in [2.24, 2.45) is 0 Å². The van der Waals surface area contributed by atoms with Gasteiger partial charge in [-0.05, 0) is 22.0 Å². The fourth-order valence-corrected chi connectivity index (χ4v) is 3.28. The van der Waals surface area contributed by atoms with Crippen molar-refractivity contribution in [1.29, 1.82) is 0 Å². The van der Waals surface area contributed by atoms with E-state index in [4.69, 9.17) is 18.0 Å². The molecular weight excluding hydrogens is 314 g/mol. The number of nitrogens with one attached hydrogen (secondary N) is 1. The van der Waals surface area contributed by atoms with Gasteiger partial charge in [0.1, 0.15) is 4.34 Å². The summed E-state index contributed by atoms with van der Waals surface area (Å²) in [6, 6.07) is 2.05. The summed E-state index contributed by atoms with van der Waals surface area (Å²) in [6.07, 6.45) is 5.14. The Kier molecular flexibility index (Phi) is 6.78. The van der Waals surface area contributed by atoms with Gasteiger partial charge in [0.2, 0.25) is 0 Å². The number of terminal acetylenes is 1. The van der Waals surface area contributed by atoms with E-state index in [2.05, 4.69) is 33.2 Å². The molecule has 1 aromatic heterocycles. The summed E-state index contributed by atoms with van der Waals surface area (Å²) >= 11 is 12.7. The molecule has 15 heavy (non-hydrogen) atoms. The second-order valence-electron chi connectivity index (χ2n) is 2.77. The fraction of sp³-hybridized carbons (Fsp3) is 0.400. The first-order valence-corrected chi connectivity index (χ1v) is 7.54. The molecule has 0 spiro atoms. The van der Waals surface area contributed by atoms with Crippen LogP contribution in [0.1, 0.15) is 4.88 Å². The first-order chi connectivity index (χ1) is 7.24. The lowest BCUT2D eigenvalue weighted by atomic mass is 10.4. The van der Waals surface area contributed by atoms with E-state index in [9.17, 15) is 0 Å². The molecule has 0 aliphatic carbocycles. The number of halogens is 2. The van der Waals surface area contributed by atoms with Gasteiger partial charge in [0.25, 0.3) is 0 Å². The Morgan fingerprint density at radius 3 is 3.07 bits per heavy atom. The third kappa shape index (κ3) is 5.28. The summed E-state index contributed by atoms with van der Waals surface area (Å²) in [5.41, 5.74) is 0. The van der Waals surface area contributed by atoms with E-state index in [0.29, 0.717) is 0 Å². The maximum Gasteiger partial charge on any atom is 0.107 e. The second-order valence-corrected chi connectivity index (χ2v) is 6.47. The maximum absolute atomic E-state index is 5.93. The summed E-state index contributed by atoms with van der Waals surface area (Å²) in [4.78, 5) is 1.24. The molecule has 82 valence electrons. The van der Waals surface area contributed by atoms with Crippen LogP contribution in [0.15, 0.2) is 10.5 Å². The summed E-state index contributed by atoms with van der Waals surface area (Å²) in [6.45, 7) is 1.84. The van der Waals surface area contributed by atoms with Crippen LogP contribution in [0.5, 0.6) is 0 Å². The van der Waals surface area contributed by atoms with Crippen LogP contribution in [0.2, 0.25) is 4.34 Å². The van der Waals surface area contributed by atoms with Crippen molar-refractivity contribution in [1.82, 2.24) is 5.32 Å². The molecule has 0 aliphatic heterocycles. The van der Waals surface area contributed by atoms with Crippen LogP contribution in [0.25, 0.3) is 0 Å². The van der Waals surface area contributed by atoms with Gasteiger partial charge in [0, 0.05) is 28.2 Å². The van der Waals surface area contributed by atoms with E-state index in [1.807, 2.05) is 0 Å². The molecule has 0 atom stereocenters. The smallest absolute Gasteiger partial charge is 0.107 e. The molecule has 1 nitrogen and oxygen atoms in total. The van der Waals surface area contributed by atoms with Crippen LogP contribution in [-0.4, -0.2) is 18.1 Å². The Balaban J connectivity index is 2.13. The van der Waals surface area contributed by atoms with E-state index in [1.54, 1.807) is 23.1 Å². The lowest BCUT2D eigenvalue weighted by Crippen LogP contribution is -2.15. The van der Waals surface area contributed by atoms with E-state index in [-0.39, 0.29) is 0 Å². The fourth-order valence-electron chi connectivity index (χ4n) is 0.966. The first kappa shape index (κ1) is 13.4. The Labute approximate surface area is 112 Å². The van der Waals surface area contributed by atoms with Gasteiger partial charge in [0.15, 0.2) is 0 Å². The van der Waals surface area contributed by atoms with Gasteiger partial charge >= 0.3 is 0 Å². The van der Waals surface area contributed by atoms with Crippen LogP contribution in [-0.2, 0) is 6.54 Å². The van der Waals surface area contributed by atoms with Crippen LogP contribution in [0.3, 0.4) is 0 Å². The van der Waals surface area contributed by atoms with Crippen molar-refractivity contribution in [2.45, 2.75) is 6.54 Å². The predicted molar refractivity (Wildman–Crippen MR) is 74.9 cm³/mol. The van der Waals surface area contributed by atoms with Crippen LogP contribution in [0, 0.1) is 12.3 Å². The highest BCUT2D eigenvalue weighted by Crippen LogP contribution is 2.31. The van der Waals surface area contributed by atoms with Crippen molar-refractivity contribution in [2.75, 3.05) is 18.1 Å². The molecule has 0 bridgehead atoms. The molecule has 1 heterocycles. The largest absolute Gasteiger partial charge is 0.311 e. The molecule has 0 aliphatic rings. The Morgan fingerprint density at radius 1 is 1.67 bits per heavy atom. The third-order valence-electron chi connectivity index (χ3n) is 1.60. The summed E-state index contributed by atoms with van der Waals surface area (Å²) < 4.78 is 1.79. The number of thiophene rings is 1. The molecule has 0 saturated heterocycles.